The first-order valence-corrected chi connectivity index (χ1v) is 11.1. The van der Waals surface area contributed by atoms with Gasteiger partial charge in [0.25, 0.3) is 10.0 Å². The minimum atomic E-state index is -4.11. The number of ether oxygens (including phenoxy) is 1. The smallest absolute Gasteiger partial charge is 0.270 e. The molecule has 1 aromatic heterocycles. The van der Waals surface area contributed by atoms with E-state index in [0.717, 1.165) is 9.87 Å². The van der Waals surface area contributed by atoms with Crippen molar-refractivity contribution in [1.29, 1.82) is 0 Å². The fourth-order valence-electron chi connectivity index (χ4n) is 3.26. The van der Waals surface area contributed by atoms with E-state index in [4.69, 9.17) is 9.26 Å². The van der Waals surface area contributed by atoms with E-state index in [1.807, 2.05) is 37.3 Å². The SMILES string of the molecule is COc1ccc(N(CC(=O)NC(C)c2ccccc2)S(=O)(=O)c2c(C)noc2C)cc1. The van der Waals surface area contributed by atoms with Gasteiger partial charge in [0.05, 0.1) is 18.8 Å². The molecule has 0 saturated carbocycles. The van der Waals surface area contributed by atoms with Crippen LogP contribution in [0.2, 0.25) is 0 Å². The number of aromatic nitrogens is 1. The molecule has 2 aromatic carbocycles. The Balaban J connectivity index is 1.93. The Hall–Kier alpha value is -3.33. The zero-order chi connectivity index (χ0) is 22.6. The number of sulfonamides is 1. The Morgan fingerprint density at radius 3 is 2.32 bits per heavy atom. The number of nitrogens with zero attached hydrogens (tertiary/aromatic N) is 2. The van der Waals surface area contributed by atoms with Crippen molar-refractivity contribution >= 4 is 21.6 Å². The number of hydrogen-bond acceptors (Lipinski definition) is 6. The molecule has 0 aliphatic rings. The van der Waals surface area contributed by atoms with Crippen molar-refractivity contribution in [2.24, 2.45) is 0 Å². The Bertz CT molecular complexity index is 1120. The van der Waals surface area contributed by atoms with Gasteiger partial charge in [-0.3, -0.25) is 9.10 Å². The Morgan fingerprint density at radius 1 is 1.13 bits per heavy atom. The maximum Gasteiger partial charge on any atom is 0.270 e. The number of aryl methyl sites for hydroxylation is 2. The molecule has 0 aliphatic carbocycles. The topological polar surface area (TPSA) is 102 Å². The van der Waals surface area contributed by atoms with Gasteiger partial charge in [-0.25, -0.2) is 8.42 Å². The molecule has 0 aliphatic heterocycles. The van der Waals surface area contributed by atoms with Crippen LogP contribution in [0, 0.1) is 13.8 Å². The molecule has 31 heavy (non-hydrogen) atoms. The summed E-state index contributed by atoms with van der Waals surface area (Å²) in [5.41, 5.74) is 1.47. The number of benzene rings is 2. The quantitative estimate of drug-likeness (QED) is 0.573. The highest BCUT2D eigenvalue weighted by atomic mass is 32.2. The second-order valence-corrected chi connectivity index (χ2v) is 8.86. The van der Waals surface area contributed by atoms with Crippen LogP contribution in [0.25, 0.3) is 0 Å². The molecule has 1 atom stereocenters. The monoisotopic (exact) mass is 443 g/mol. The van der Waals surface area contributed by atoms with Crippen LogP contribution in [0.15, 0.2) is 64.0 Å². The van der Waals surface area contributed by atoms with E-state index in [9.17, 15) is 13.2 Å². The first-order valence-electron chi connectivity index (χ1n) is 9.68. The molecule has 1 heterocycles. The molecule has 9 heteroatoms. The van der Waals surface area contributed by atoms with E-state index in [1.165, 1.54) is 14.0 Å². The molecule has 3 aromatic rings. The van der Waals surface area contributed by atoms with Crippen molar-refractivity contribution in [3.05, 3.63) is 71.6 Å². The molecular weight excluding hydrogens is 418 g/mol. The first-order chi connectivity index (χ1) is 14.7. The molecule has 8 nitrogen and oxygen atoms in total. The van der Waals surface area contributed by atoms with E-state index >= 15 is 0 Å². The molecule has 0 saturated heterocycles. The third kappa shape index (κ3) is 4.88. The average molecular weight is 444 g/mol. The second-order valence-electron chi connectivity index (χ2n) is 7.06. The number of carbonyl (C=O) groups is 1. The lowest BCUT2D eigenvalue weighted by atomic mass is 10.1. The van der Waals surface area contributed by atoms with Crippen LogP contribution in [-0.2, 0) is 14.8 Å². The Labute approximate surface area is 181 Å². The predicted molar refractivity (Wildman–Crippen MR) is 117 cm³/mol. The molecule has 164 valence electrons. The average Bonchev–Trinajstić information content (AvgIpc) is 3.11. The standard InChI is InChI=1S/C22H25N3O5S/c1-15(18-8-6-5-7-9-18)23-21(26)14-25(19-10-12-20(29-4)13-11-19)31(27,28)22-16(2)24-30-17(22)3/h5-13,15H,14H2,1-4H3,(H,23,26). The lowest BCUT2D eigenvalue weighted by molar-refractivity contribution is -0.120. The fraction of sp³-hybridized carbons (Fsp3) is 0.273. The minimum Gasteiger partial charge on any atom is -0.497 e. The summed E-state index contributed by atoms with van der Waals surface area (Å²) in [6, 6.07) is 15.6. The van der Waals surface area contributed by atoms with Gasteiger partial charge in [0.1, 0.15) is 18.0 Å². The van der Waals surface area contributed by atoms with Crippen LogP contribution < -0.4 is 14.4 Å². The van der Waals surface area contributed by atoms with Gasteiger partial charge in [0, 0.05) is 0 Å². The largest absolute Gasteiger partial charge is 0.497 e. The van der Waals surface area contributed by atoms with Crippen molar-refractivity contribution in [2.45, 2.75) is 31.7 Å². The molecule has 1 N–H and O–H groups in total. The number of methoxy groups -OCH3 is 1. The van der Waals surface area contributed by atoms with Gasteiger partial charge in [-0.05, 0) is 50.6 Å². The second kappa shape index (κ2) is 9.22. The molecule has 0 spiro atoms. The van der Waals surface area contributed by atoms with Crippen molar-refractivity contribution in [1.82, 2.24) is 10.5 Å². The summed E-state index contributed by atoms with van der Waals surface area (Å²) in [4.78, 5) is 12.8. The highest BCUT2D eigenvalue weighted by molar-refractivity contribution is 7.93. The van der Waals surface area contributed by atoms with Crippen LogP contribution in [0.5, 0.6) is 5.75 Å². The van der Waals surface area contributed by atoms with Crippen LogP contribution in [0.3, 0.4) is 0 Å². The highest BCUT2D eigenvalue weighted by Gasteiger charge is 2.33. The summed E-state index contributed by atoms with van der Waals surface area (Å²) in [6.07, 6.45) is 0. The van der Waals surface area contributed by atoms with E-state index in [1.54, 1.807) is 31.2 Å². The molecule has 1 amide bonds. The van der Waals surface area contributed by atoms with Crippen LogP contribution in [0.4, 0.5) is 5.69 Å². The molecular formula is C22H25N3O5S. The van der Waals surface area contributed by atoms with Crippen LogP contribution >= 0.6 is 0 Å². The van der Waals surface area contributed by atoms with E-state index < -0.39 is 22.5 Å². The van der Waals surface area contributed by atoms with Gasteiger partial charge >= 0.3 is 0 Å². The summed E-state index contributed by atoms with van der Waals surface area (Å²) >= 11 is 0. The van der Waals surface area contributed by atoms with E-state index in [-0.39, 0.29) is 22.4 Å². The number of nitrogens with one attached hydrogen (secondary N) is 1. The predicted octanol–water partition coefficient (Wildman–Crippen LogP) is 3.37. The van der Waals surface area contributed by atoms with Gasteiger partial charge in [-0.15, -0.1) is 0 Å². The number of anilines is 1. The van der Waals surface area contributed by atoms with E-state index in [0.29, 0.717) is 11.4 Å². The lowest BCUT2D eigenvalue weighted by Crippen LogP contribution is -2.41. The third-order valence-electron chi connectivity index (χ3n) is 4.84. The zero-order valence-corrected chi connectivity index (χ0v) is 18.6. The normalized spacial score (nSPS) is 12.3. The fourth-order valence-corrected chi connectivity index (χ4v) is 4.98. The summed E-state index contributed by atoms with van der Waals surface area (Å²) in [5, 5.41) is 6.61. The van der Waals surface area contributed by atoms with Crippen molar-refractivity contribution in [3.63, 3.8) is 0 Å². The van der Waals surface area contributed by atoms with Crippen molar-refractivity contribution < 1.29 is 22.5 Å². The van der Waals surface area contributed by atoms with Gasteiger partial charge in [-0.1, -0.05) is 35.5 Å². The molecule has 0 fully saturated rings. The van der Waals surface area contributed by atoms with Crippen molar-refractivity contribution in [3.8, 4) is 5.75 Å². The highest BCUT2D eigenvalue weighted by Crippen LogP contribution is 2.29. The zero-order valence-electron chi connectivity index (χ0n) is 17.8. The summed E-state index contributed by atoms with van der Waals surface area (Å²) in [7, 11) is -2.59. The minimum absolute atomic E-state index is 0.0489. The summed E-state index contributed by atoms with van der Waals surface area (Å²) in [5.74, 6) is 0.289. The maximum atomic E-state index is 13.5. The maximum absolute atomic E-state index is 13.5. The van der Waals surface area contributed by atoms with Crippen LogP contribution in [0.1, 0.15) is 30.0 Å². The number of rotatable bonds is 8. The number of carbonyl (C=O) groups excluding carboxylic acids is 1. The van der Waals surface area contributed by atoms with Gasteiger partial charge in [0.2, 0.25) is 5.91 Å². The molecule has 3 rings (SSSR count). The van der Waals surface area contributed by atoms with Gasteiger partial charge < -0.3 is 14.6 Å². The Kier molecular flexibility index (Phi) is 6.65. The Morgan fingerprint density at radius 2 is 1.77 bits per heavy atom. The molecule has 0 radical (unpaired) electrons. The lowest BCUT2D eigenvalue weighted by Gasteiger charge is -2.25. The van der Waals surface area contributed by atoms with Gasteiger partial charge in [-0.2, -0.15) is 0 Å². The molecule has 1 unspecified atom stereocenters. The van der Waals surface area contributed by atoms with Crippen molar-refractivity contribution in [2.75, 3.05) is 18.0 Å². The third-order valence-corrected chi connectivity index (χ3v) is 6.86. The van der Waals surface area contributed by atoms with Crippen LogP contribution in [-0.4, -0.2) is 33.1 Å². The van der Waals surface area contributed by atoms with Gasteiger partial charge in [0.15, 0.2) is 10.7 Å². The summed E-state index contributed by atoms with van der Waals surface area (Å²) < 4.78 is 38.3. The van der Waals surface area contributed by atoms with E-state index in [2.05, 4.69) is 10.5 Å². The molecule has 0 bridgehead atoms. The first kappa shape index (κ1) is 22.4. The summed E-state index contributed by atoms with van der Waals surface area (Å²) in [6.45, 7) is 4.51. The number of hydrogen-bond donors (Lipinski definition) is 1. The number of amides is 1.